The first kappa shape index (κ1) is 21.6. The van der Waals surface area contributed by atoms with Crippen molar-refractivity contribution in [3.63, 3.8) is 0 Å². The standard InChI is InChI=1S/C19H24ClNO2S3/c1-7-25-17(24)23-15-14(12-10-8-9-11-13(12)20)16(22)21(19(15,5)6)26-18(2,3)4/h8-11H,7H2,1-6H3. The van der Waals surface area contributed by atoms with Gasteiger partial charge in [-0.25, -0.2) is 0 Å². The van der Waals surface area contributed by atoms with Crippen LogP contribution >= 0.6 is 47.5 Å². The first-order chi connectivity index (χ1) is 12.0. The summed E-state index contributed by atoms with van der Waals surface area (Å²) in [6.45, 7) is 12.2. The van der Waals surface area contributed by atoms with Crippen molar-refractivity contribution in [2.75, 3.05) is 5.75 Å². The van der Waals surface area contributed by atoms with E-state index in [2.05, 4.69) is 20.8 Å². The number of carbonyl (C=O) groups excluding carboxylic acids is 1. The predicted molar refractivity (Wildman–Crippen MR) is 118 cm³/mol. The maximum atomic E-state index is 13.4. The molecule has 0 saturated heterocycles. The van der Waals surface area contributed by atoms with E-state index in [0.717, 1.165) is 5.75 Å². The van der Waals surface area contributed by atoms with Crippen LogP contribution in [0.15, 0.2) is 30.0 Å². The average Bonchev–Trinajstić information content (AvgIpc) is 2.68. The number of nitrogens with zero attached hydrogens (tertiary/aromatic N) is 1. The molecule has 3 nitrogen and oxygen atoms in total. The molecule has 0 radical (unpaired) electrons. The van der Waals surface area contributed by atoms with Crippen LogP contribution in [0.5, 0.6) is 0 Å². The Bertz CT molecular complexity index is 753. The molecule has 0 atom stereocenters. The number of ether oxygens (including phenoxy) is 1. The summed E-state index contributed by atoms with van der Waals surface area (Å²) in [5, 5.41) is 0.518. The number of halogens is 1. The highest BCUT2D eigenvalue weighted by atomic mass is 35.5. The van der Waals surface area contributed by atoms with Gasteiger partial charge in [0.1, 0.15) is 11.3 Å². The molecule has 1 aliphatic rings. The van der Waals surface area contributed by atoms with Crippen molar-refractivity contribution in [1.82, 2.24) is 4.31 Å². The van der Waals surface area contributed by atoms with E-state index in [4.69, 9.17) is 28.6 Å². The monoisotopic (exact) mass is 429 g/mol. The maximum absolute atomic E-state index is 13.4. The van der Waals surface area contributed by atoms with E-state index in [1.165, 1.54) is 23.7 Å². The van der Waals surface area contributed by atoms with E-state index in [9.17, 15) is 4.79 Å². The van der Waals surface area contributed by atoms with E-state index in [1.807, 2.05) is 39.0 Å². The van der Waals surface area contributed by atoms with Gasteiger partial charge >= 0.3 is 0 Å². The van der Waals surface area contributed by atoms with Gasteiger partial charge in [-0.3, -0.25) is 9.10 Å². The first-order valence-electron chi connectivity index (χ1n) is 8.37. The Morgan fingerprint density at radius 2 is 1.92 bits per heavy atom. The van der Waals surface area contributed by atoms with Gasteiger partial charge in [0.2, 0.25) is 4.38 Å². The summed E-state index contributed by atoms with van der Waals surface area (Å²) in [4.78, 5) is 13.4. The second-order valence-corrected chi connectivity index (χ2v) is 11.4. The molecular weight excluding hydrogens is 406 g/mol. The van der Waals surface area contributed by atoms with Crippen molar-refractivity contribution < 1.29 is 9.53 Å². The van der Waals surface area contributed by atoms with Crippen LogP contribution in [0.1, 0.15) is 47.1 Å². The molecular formula is C19H24ClNO2S3. The molecule has 0 aromatic heterocycles. The van der Waals surface area contributed by atoms with Crippen molar-refractivity contribution in [3.05, 3.63) is 40.6 Å². The molecule has 1 aromatic rings. The Labute approximate surface area is 175 Å². The Kier molecular flexibility index (Phi) is 6.76. The van der Waals surface area contributed by atoms with E-state index in [-0.39, 0.29) is 10.7 Å². The quantitative estimate of drug-likeness (QED) is 0.421. The summed E-state index contributed by atoms with van der Waals surface area (Å²) < 4.78 is 8.10. The zero-order valence-electron chi connectivity index (χ0n) is 15.9. The summed E-state index contributed by atoms with van der Waals surface area (Å²) in [7, 11) is 0. The average molecular weight is 430 g/mol. The van der Waals surface area contributed by atoms with Crippen LogP contribution < -0.4 is 0 Å². The number of rotatable bonds is 4. The molecule has 0 fully saturated rings. The van der Waals surface area contributed by atoms with Crippen molar-refractivity contribution >= 4 is 63.4 Å². The smallest absolute Gasteiger partial charge is 0.268 e. The molecule has 1 heterocycles. The topological polar surface area (TPSA) is 29.5 Å². The first-order valence-corrected chi connectivity index (χ1v) is 10.9. The highest BCUT2D eigenvalue weighted by molar-refractivity contribution is 8.22. The Balaban J connectivity index is 2.59. The van der Waals surface area contributed by atoms with Crippen molar-refractivity contribution in [2.45, 2.75) is 51.8 Å². The molecule has 0 N–H and O–H groups in total. The second kappa shape index (κ2) is 8.13. The lowest BCUT2D eigenvalue weighted by Gasteiger charge is -2.36. The Hall–Kier alpha value is -0.690. The third-order valence-corrected chi connectivity index (χ3v) is 6.37. The summed E-state index contributed by atoms with van der Waals surface area (Å²) >= 11 is 14.7. The highest BCUT2D eigenvalue weighted by Crippen LogP contribution is 2.48. The normalized spacial score (nSPS) is 17.0. The fourth-order valence-electron chi connectivity index (χ4n) is 2.59. The molecule has 1 aliphatic heterocycles. The number of hydrogen-bond donors (Lipinski definition) is 0. The van der Waals surface area contributed by atoms with E-state index >= 15 is 0 Å². The highest BCUT2D eigenvalue weighted by Gasteiger charge is 2.50. The van der Waals surface area contributed by atoms with Gasteiger partial charge in [-0.05, 0) is 70.6 Å². The van der Waals surface area contributed by atoms with Crippen LogP contribution in [-0.4, -0.2) is 30.6 Å². The summed E-state index contributed by atoms with van der Waals surface area (Å²) in [5.41, 5.74) is 0.502. The third-order valence-electron chi connectivity index (χ3n) is 3.64. The lowest BCUT2D eigenvalue weighted by Crippen LogP contribution is -2.41. The van der Waals surface area contributed by atoms with E-state index < -0.39 is 5.54 Å². The van der Waals surface area contributed by atoms with Crippen molar-refractivity contribution in [3.8, 4) is 0 Å². The lowest BCUT2D eigenvalue weighted by molar-refractivity contribution is -0.121. The summed E-state index contributed by atoms with van der Waals surface area (Å²) in [5.74, 6) is 1.25. The second-order valence-electron chi connectivity index (χ2n) is 7.33. The maximum Gasteiger partial charge on any atom is 0.268 e. The zero-order valence-corrected chi connectivity index (χ0v) is 19.1. The van der Waals surface area contributed by atoms with Crippen LogP contribution in [-0.2, 0) is 9.53 Å². The zero-order chi connectivity index (χ0) is 19.7. The van der Waals surface area contributed by atoms with Gasteiger partial charge in [0, 0.05) is 15.3 Å². The lowest BCUT2D eigenvalue weighted by atomic mass is 9.99. The Morgan fingerprint density at radius 1 is 1.31 bits per heavy atom. The van der Waals surface area contributed by atoms with Crippen LogP contribution in [0.4, 0.5) is 0 Å². The van der Waals surface area contributed by atoms with E-state index in [1.54, 1.807) is 10.4 Å². The molecule has 0 spiro atoms. The van der Waals surface area contributed by atoms with E-state index in [0.29, 0.717) is 26.3 Å². The third kappa shape index (κ3) is 4.58. The molecule has 0 unspecified atom stereocenters. The van der Waals surface area contributed by atoms with Crippen LogP contribution in [0.3, 0.4) is 0 Å². The Morgan fingerprint density at radius 3 is 2.46 bits per heavy atom. The summed E-state index contributed by atoms with van der Waals surface area (Å²) in [6, 6.07) is 7.33. The van der Waals surface area contributed by atoms with Gasteiger partial charge in [-0.1, -0.05) is 48.5 Å². The molecule has 1 aromatic carbocycles. The van der Waals surface area contributed by atoms with Gasteiger partial charge in [0.25, 0.3) is 5.91 Å². The minimum Gasteiger partial charge on any atom is -0.441 e. The van der Waals surface area contributed by atoms with Crippen LogP contribution in [0, 0.1) is 0 Å². The number of carbonyl (C=O) groups is 1. The molecule has 142 valence electrons. The van der Waals surface area contributed by atoms with Crippen LogP contribution in [0.25, 0.3) is 5.57 Å². The molecule has 26 heavy (non-hydrogen) atoms. The minimum absolute atomic E-state index is 0.109. The predicted octanol–water partition coefficient (Wildman–Crippen LogP) is 6.17. The molecule has 1 amide bonds. The number of amides is 1. The number of thioether (sulfide) groups is 1. The molecule has 7 heteroatoms. The molecule has 0 saturated carbocycles. The summed E-state index contributed by atoms with van der Waals surface area (Å²) in [6.07, 6.45) is 0. The molecule has 0 bridgehead atoms. The van der Waals surface area contributed by atoms with Gasteiger partial charge in [-0.15, -0.1) is 0 Å². The van der Waals surface area contributed by atoms with Crippen molar-refractivity contribution in [2.24, 2.45) is 0 Å². The molecule has 2 rings (SSSR count). The minimum atomic E-state index is -0.651. The molecule has 0 aliphatic carbocycles. The SMILES string of the molecule is CCSC(=S)OC1=C(c2ccccc2Cl)C(=O)N(SC(C)(C)C)C1(C)C. The number of hydrogen-bond acceptors (Lipinski definition) is 5. The van der Waals surface area contributed by atoms with Crippen LogP contribution in [0.2, 0.25) is 5.02 Å². The van der Waals surface area contributed by atoms with Gasteiger partial charge in [0.05, 0.1) is 5.57 Å². The fourth-order valence-corrected chi connectivity index (χ4v) is 4.67. The largest absolute Gasteiger partial charge is 0.441 e. The number of benzene rings is 1. The van der Waals surface area contributed by atoms with Crippen molar-refractivity contribution in [1.29, 1.82) is 0 Å². The van der Waals surface area contributed by atoms with Gasteiger partial charge < -0.3 is 4.74 Å². The van der Waals surface area contributed by atoms with Gasteiger partial charge in [0.15, 0.2) is 0 Å². The fraction of sp³-hybridized carbons (Fsp3) is 0.474. The van der Waals surface area contributed by atoms with Gasteiger partial charge in [-0.2, -0.15) is 0 Å². The number of thiocarbonyl (C=S) groups is 1.